The number of rotatable bonds is 3. The molecule has 108 valence electrons. The summed E-state index contributed by atoms with van der Waals surface area (Å²) in [5.74, 6) is 0. The lowest BCUT2D eigenvalue weighted by Gasteiger charge is -2.18. The Labute approximate surface area is 131 Å². The van der Waals surface area contributed by atoms with Crippen molar-refractivity contribution in [2.24, 2.45) is 0 Å². The Kier molecular flexibility index (Phi) is 3.28. The fraction of sp³-hybridized carbons (Fsp3) is 0.143. The molecule has 1 nitrogen and oxygen atoms in total. The lowest BCUT2D eigenvalue weighted by atomic mass is 10.0. The topological polar surface area (TPSA) is 16.6 Å². The van der Waals surface area contributed by atoms with Gasteiger partial charge in [0.15, 0.2) is 0 Å². The SMILES string of the molecule is C[C@H]([NH2+]C1c2ccccc2-c2ccccc21)c1ccccc1. The zero-order chi connectivity index (χ0) is 14.9. The van der Waals surface area contributed by atoms with Crippen LogP contribution in [0.2, 0.25) is 0 Å². The summed E-state index contributed by atoms with van der Waals surface area (Å²) in [4.78, 5) is 0. The highest BCUT2D eigenvalue weighted by atomic mass is 15.0. The Bertz CT molecular complexity index is 746. The molecule has 0 bridgehead atoms. The van der Waals surface area contributed by atoms with Crippen molar-refractivity contribution >= 4 is 0 Å². The van der Waals surface area contributed by atoms with Crippen LogP contribution in [0.3, 0.4) is 0 Å². The van der Waals surface area contributed by atoms with E-state index in [0.29, 0.717) is 12.1 Å². The molecule has 0 unspecified atom stereocenters. The molecule has 1 atom stereocenters. The molecule has 1 aliphatic carbocycles. The van der Waals surface area contributed by atoms with E-state index in [1.54, 1.807) is 0 Å². The first-order valence-electron chi connectivity index (χ1n) is 7.93. The lowest BCUT2D eigenvalue weighted by molar-refractivity contribution is -0.722. The van der Waals surface area contributed by atoms with Gasteiger partial charge in [0.2, 0.25) is 0 Å². The van der Waals surface area contributed by atoms with Gasteiger partial charge in [0, 0.05) is 16.7 Å². The summed E-state index contributed by atoms with van der Waals surface area (Å²) < 4.78 is 0. The van der Waals surface area contributed by atoms with Gasteiger partial charge in [0.25, 0.3) is 0 Å². The summed E-state index contributed by atoms with van der Waals surface area (Å²) in [5, 5.41) is 2.49. The fourth-order valence-corrected chi connectivity index (χ4v) is 3.56. The number of fused-ring (bicyclic) bond motifs is 3. The van der Waals surface area contributed by atoms with Crippen LogP contribution in [0.25, 0.3) is 11.1 Å². The Morgan fingerprint density at radius 1 is 0.682 bits per heavy atom. The first-order chi connectivity index (χ1) is 10.8. The Balaban J connectivity index is 1.73. The van der Waals surface area contributed by atoms with E-state index in [-0.39, 0.29) is 0 Å². The summed E-state index contributed by atoms with van der Waals surface area (Å²) >= 11 is 0. The number of quaternary nitrogens is 1. The van der Waals surface area contributed by atoms with Crippen LogP contribution < -0.4 is 5.32 Å². The smallest absolute Gasteiger partial charge is 0.139 e. The average molecular weight is 286 g/mol. The molecule has 1 aliphatic rings. The number of hydrogen-bond donors (Lipinski definition) is 1. The van der Waals surface area contributed by atoms with Crippen molar-refractivity contribution in [2.75, 3.05) is 0 Å². The van der Waals surface area contributed by atoms with E-state index in [9.17, 15) is 0 Å². The van der Waals surface area contributed by atoms with Gasteiger partial charge in [-0.3, -0.25) is 0 Å². The molecule has 0 aliphatic heterocycles. The van der Waals surface area contributed by atoms with E-state index in [4.69, 9.17) is 0 Å². The van der Waals surface area contributed by atoms with Gasteiger partial charge in [-0.15, -0.1) is 0 Å². The van der Waals surface area contributed by atoms with E-state index in [0.717, 1.165) is 0 Å². The Morgan fingerprint density at radius 3 is 1.77 bits per heavy atom. The first-order valence-corrected chi connectivity index (χ1v) is 7.93. The molecule has 0 amide bonds. The van der Waals surface area contributed by atoms with E-state index >= 15 is 0 Å². The Hall–Kier alpha value is -2.38. The quantitative estimate of drug-likeness (QED) is 0.747. The van der Waals surface area contributed by atoms with Gasteiger partial charge in [-0.1, -0.05) is 78.9 Å². The molecular weight excluding hydrogens is 266 g/mol. The molecular formula is C21H20N+. The van der Waals surface area contributed by atoms with Gasteiger partial charge in [-0.05, 0) is 18.1 Å². The average Bonchev–Trinajstić information content (AvgIpc) is 2.90. The maximum atomic E-state index is 2.49. The van der Waals surface area contributed by atoms with Crippen molar-refractivity contribution in [3.05, 3.63) is 95.6 Å². The van der Waals surface area contributed by atoms with Crippen molar-refractivity contribution in [1.82, 2.24) is 0 Å². The molecule has 22 heavy (non-hydrogen) atoms. The Morgan fingerprint density at radius 2 is 1.18 bits per heavy atom. The monoisotopic (exact) mass is 286 g/mol. The highest BCUT2D eigenvalue weighted by Gasteiger charge is 2.32. The summed E-state index contributed by atoms with van der Waals surface area (Å²) in [6.07, 6.45) is 0. The second-order valence-corrected chi connectivity index (χ2v) is 6.04. The molecule has 3 aromatic carbocycles. The molecule has 0 spiro atoms. The maximum absolute atomic E-state index is 2.49. The molecule has 0 saturated heterocycles. The molecule has 0 saturated carbocycles. The van der Waals surface area contributed by atoms with Crippen molar-refractivity contribution < 1.29 is 5.32 Å². The van der Waals surface area contributed by atoms with Crippen molar-refractivity contribution in [3.8, 4) is 11.1 Å². The third kappa shape index (κ3) is 2.15. The van der Waals surface area contributed by atoms with Crippen molar-refractivity contribution in [3.63, 3.8) is 0 Å². The molecule has 3 aromatic rings. The fourth-order valence-electron chi connectivity index (χ4n) is 3.56. The van der Waals surface area contributed by atoms with Gasteiger partial charge in [0.05, 0.1) is 0 Å². The molecule has 0 heterocycles. The number of hydrogen-bond acceptors (Lipinski definition) is 0. The van der Waals surface area contributed by atoms with Crippen LogP contribution in [-0.2, 0) is 0 Å². The van der Waals surface area contributed by atoms with Crippen molar-refractivity contribution in [1.29, 1.82) is 0 Å². The molecule has 2 N–H and O–H groups in total. The highest BCUT2D eigenvalue weighted by molar-refractivity contribution is 5.77. The van der Waals surface area contributed by atoms with E-state index in [1.165, 1.54) is 27.8 Å². The van der Waals surface area contributed by atoms with Crippen LogP contribution >= 0.6 is 0 Å². The summed E-state index contributed by atoms with van der Waals surface area (Å²) in [7, 11) is 0. The molecule has 4 rings (SSSR count). The minimum Gasteiger partial charge on any atom is -0.330 e. The van der Waals surface area contributed by atoms with Crippen LogP contribution in [0.1, 0.15) is 35.7 Å². The predicted octanol–water partition coefficient (Wildman–Crippen LogP) is 4.08. The largest absolute Gasteiger partial charge is 0.330 e. The van der Waals surface area contributed by atoms with E-state index in [2.05, 4.69) is 91.1 Å². The van der Waals surface area contributed by atoms with Crippen LogP contribution in [0.4, 0.5) is 0 Å². The van der Waals surface area contributed by atoms with E-state index in [1.807, 2.05) is 0 Å². The second kappa shape index (κ2) is 5.43. The third-order valence-electron chi connectivity index (χ3n) is 4.69. The summed E-state index contributed by atoms with van der Waals surface area (Å²) in [6, 6.07) is 29.2. The minimum absolute atomic E-state index is 0.391. The predicted molar refractivity (Wildman–Crippen MR) is 90.5 cm³/mol. The van der Waals surface area contributed by atoms with Crippen LogP contribution in [0, 0.1) is 0 Å². The van der Waals surface area contributed by atoms with Crippen LogP contribution in [0.15, 0.2) is 78.9 Å². The first kappa shape index (κ1) is 13.3. The van der Waals surface area contributed by atoms with Gasteiger partial charge in [-0.2, -0.15) is 0 Å². The van der Waals surface area contributed by atoms with Crippen LogP contribution in [-0.4, -0.2) is 0 Å². The second-order valence-electron chi connectivity index (χ2n) is 6.04. The van der Waals surface area contributed by atoms with Crippen molar-refractivity contribution in [2.45, 2.75) is 19.0 Å². The zero-order valence-corrected chi connectivity index (χ0v) is 12.7. The van der Waals surface area contributed by atoms with Gasteiger partial charge < -0.3 is 5.32 Å². The highest BCUT2D eigenvalue weighted by Crippen LogP contribution is 2.41. The molecule has 0 radical (unpaired) electrons. The molecule has 1 heteroatoms. The van der Waals surface area contributed by atoms with Gasteiger partial charge in [-0.25, -0.2) is 0 Å². The lowest BCUT2D eigenvalue weighted by Crippen LogP contribution is -2.85. The van der Waals surface area contributed by atoms with E-state index < -0.39 is 0 Å². The number of benzene rings is 3. The molecule has 0 aromatic heterocycles. The summed E-state index contributed by atoms with van der Waals surface area (Å²) in [6.45, 7) is 2.29. The zero-order valence-electron chi connectivity index (χ0n) is 12.7. The maximum Gasteiger partial charge on any atom is 0.139 e. The van der Waals surface area contributed by atoms with Crippen LogP contribution in [0.5, 0.6) is 0 Å². The normalized spacial score (nSPS) is 14.4. The summed E-state index contributed by atoms with van der Waals surface area (Å²) in [5.41, 5.74) is 7.03. The third-order valence-corrected chi connectivity index (χ3v) is 4.69. The standard InChI is InChI=1S/C21H19N/c1-15(16-9-3-2-4-10-16)22-21-19-13-7-5-11-17(19)18-12-6-8-14-20(18)21/h2-15,21-22H,1H3/p+1/t15-/m0/s1. The van der Waals surface area contributed by atoms with Gasteiger partial charge in [0.1, 0.15) is 12.1 Å². The number of nitrogens with two attached hydrogens (primary N) is 1. The molecule has 0 fully saturated rings. The van der Waals surface area contributed by atoms with Gasteiger partial charge >= 0.3 is 0 Å². The minimum atomic E-state index is 0.391.